The summed E-state index contributed by atoms with van der Waals surface area (Å²) >= 11 is 0. The number of aliphatic hydroxyl groups excluding tert-OH is 1. The number of aromatic amines is 1. The van der Waals surface area contributed by atoms with E-state index in [1.54, 1.807) is 43.3 Å². The molecule has 0 atom stereocenters. The zero-order chi connectivity index (χ0) is 24.9. The summed E-state index contributed by atoms with van der Waals surface area (Å²) in [4.78, 5) is 30.5. The molecule has 2 bridgehead atoms. The normalized spacial score (nSPS) is 21.2. The smallest absolute Gasteiger partial charge is 0.256 e. The molecular formula is C26H28N4O5. The van der Waals surface area contributed by atoms with Crippen LogP contribution in [0.2, 0.25) is 0 Å². The van der Waals surface area contributed by atoms with Crippen molar-refractivity contribution in [2.24, 2.45) is 5.92 Å². The van der Waals surface area contributed by atoms with Gasteiger partial charge in [-0.1, -0.05) is 0 Å². The molecule has 3 aromatic rings. The first-order valence-electron chi connectivity index (χ1n) is 11.6. The summed E-state index contributed by atoms with van der Waals surface area (Å²) in [5, 5.41) is 20.8. The number of aryl methyl sites for hydroxylation is 1. The van der Waals surface area contributed by atoms with Crippen LogP contribution in [0.15, 0.2) is 34.9 Å². The molecule has 2 aromatic heterocycles. The van der Waals surface area contributed by atoms with Gasteiger partial charge in [0.1, 0.15) is 17.1 Å². The summed E-state index contributed by atoms with van der Waals surface area (Å²) in [7, 11) is 1.57. The summed E-state index contributed by atoms with van der Waals surface area (Å²) in [6.07, 6.45) is 5.98. The molecule has 0 spiro atoms. The number of H-pyrrole nitrogens is 1. The predicted molar refractivity (Wildman–Crippen MR) is 131 cm³/mol. The van der Waals surface area contributed by atoms with Crippen LogP contribution in [-0.4, -0.2) is 58.8 Å². The number of aliphatic hydroxyl groups is 1. The van der Waals surface area contributed by atoms with E-state index in [0.717, 1.165) is 19.1 Å². The molecule has 3 fully saturated rings. The molecule has 9 heteroatoms. The van der Waals surface area contributed by atoms with Gasteiger partial charge in [0.25, 0.3) is 11.8 Å². The fourth-order valence-electron chi connectivity index (χ4n) is 5.49. The van der Waals surface area contributed by atoms with Crippen molar-refractivity contribution >= 4 is 34.8 Å². The summed E-state index contributed by atoms with van der Waals surface area (Å²) in [5.41, 5.74) is 2.37. The molecule has 1 saturated carbocycles. The molecule has 2 saturated heterocycles. The molecule has 182 valence electrons. The number of nitrogens with zero attached hydrogens (tertiary/aromatic N) is 1. The van der Waals surface area contributed by atoms with E-state index in [9.17, 15) is 14.7 Å². The number of carbonyl (C=O) groups is 2. The molecule has 2 aliphatic heterocycles. The molecule has 9 nitrogen and oxygen atoms in total. The van der Waals surface area contributed by atoms with Gasteiger partial charge in [-0.3, -0.25) is 9.59 Å². The Labute approximate surface area is 202 Å². The maximum Gasteiger partial charge on any atom is 0.256 e. The minimum atomic E-state index is -0.431. The number of hydrogen-bond donors (Lipinski definition) is 4. The number of allylic oxidation sites excluding steroid dienone is 1. The van der Waals surface area contributed by atoms with E-state index in [1.165, 1.54) is 6.08 Å². The lowest BCUT2D eigenvalue weighted by Crippen LogP contribution is -2.51. The molecular weight excluding hydrogens is 448 g/mol. The standard InChI is InChI=1S/C26H28N4O5/c1-14-19(25(33)30-12-16-9-26(30,10-16)13-31)11-29-23(14)20(6-7-27)35-17-4-5-18-21(8-17)34-15(2)22(18)24(32)28-3/h4-8,11,16,27,29,31H,9-10,12-13H2,1-3H3,(H,28,32)/b20-6+,27-7?. The van der Waals surface area contributed by atoms with E-state index in [4.69, 9.17) is 14.6 Å². The molecule has 4 heterocycles. The molecule has 1 aliphatic carbocycles. The maximum absolute atomic E-state index is 13.3. The number of rotatable bonds is 7. The SMILES string of the molecule is CNC(=O)c1c(C)oc2cc(O/C(=C/C=N)c3[nH]cc(C(=O)N4CC5CC4(CO)C5)c3C)ccc12. The van der Waals surface area contributed by atoms with E-state index in [2.05, 4.69) is 10.3 Å². The Balaban J connectivity index is 1.43. The number of ether oxygens (including phenoxy) is 1. The fraction of sp³-hybridized carbons (Fsp3) is 0.346. The fourth-order valence-corrected chi connectivity index (χ4v) is 5.49. The first kappa shape index (κ1) is 22.9. The zero-order valence-electron chi connectivity index (χ0n) is 19.9. The third-order valence-electron chi connectivity index (χ3n) is 7.26. The monoisotopic (exact) mass is 476 g/mol. The Bertz CT molecular complexity index is 1380. The van der Waals surface area contributed by atoms with Crippen molar-refractivity contribution < 1.29 is 23.8 Å². The van der Waals surface area contributed by atoms with Gasteiger partial charge >= 0.3 is 0 Å². The van der Waals surface area contributed by atoms with Gasteiger partial charge in [0.05, 0.1) is 29.0 Å². The Morgan fingerprint density at radius 3 is 2.83 bits per heavy atom. The largest absolute Gasteiger partial charge is 0.460 e. The highest BCUT2D eigenvalue weighted by Gasteiger charge is 2.57. The molecule has 35 heavy (non-hydrogen) atoms. The highest BCUT2D eigenvalue weighted by Crippen LogP contribution is 2.50. The van der Waals surface area contributed by atoms with E-state index in [0.29, 0.717) is 63.1 Å². The van der Waals surface area contributed by atoms with Crippen molar-refractivity contribution in [1.29, 1.82) is 5.41 Å². The van der Waals surface area contributed by atoms with Crippen LogP contribution in [0.4, 0.5) is 0 Å². The number of nitrogens with one attached hydrogen (secondary N) is 3. The van der Waals surface area contributed by atoms with Crippen LogP contribution in [0, 0.1) is 25.2 Å². The van der Waals surface area contributed by atoms with Gasteiger partial charge < -0.3 is 34.9 Å². The van der Waals surface area contributed by atoms with Crippen molar-refractivity contribution in [2.75, 3.05) is 20.2 Å². The summed E-state index contributed by atoms with van der Waals surface area (Å²) in [6, 6.07) is 5.19. The van der Waals surface area contributed by atoms with Gasteiger partial charge in [0.15, 0.2) is 5.76 Å². The predicted octanol–water partition coefficient (Wildman–Crippen LogP) is 3.40. The first-order valence-corrected chi connectivity index (χ1v) is 11.6. The molecule has 0 unspecified atom stereocenters. The van der Waals surface area contributed by atoms with E-state index in [1.807, 2.05) is 6.92 Å². The van der Waals surface area contributed by atoms with Crippen molar-refractivity contribution in [2.45, 2.75) is 32.2 Å². The lowest BCUT2D eigenvalue weighted by atomic mass is 9.74. The number of hydrogen-bond acceptors (Lipinski definition) is 6. The third kappa shape index (κ3) is 3.54. The van der Waals surface area contributed by atoms with E-state index in [-0.39, 0.29) is 18.4 Å². The van der Waals surface area contributed by atoms with Crippen LogP contribution in [0.25, 0.3) is 16.7 Å². The van der Waals surface area contributed by atoms with Crippen molar-refractivity contribution in [3.05, 3.63) is 58.6 Å². The molecule has 1 aromatic carbocycles. The zero-order valence-corrected chi connectivity index (χ0v) is 19.9. The van der Waals surface area contributed by atoms with Gasteiger partial charge in [-0.15, -0.1) is 0 Å². The van der Waals surface area contributed by atoms with Crippen LogP contribution in [0.1, 0.15) is 50.6 Å². The summed E-state index contributed by atoms with van der Waals surface area (Å²) in [5.74, 6) is 1.47. The number of carbonyl (C=O) groups excluding carboxylic acids is 2. The van der Waals surface area contributed by atoms with Gasteiger partial charge in [-0.05, 0) is 50.3 Å². The number of amides is 2. The minimum absolute atomic E-state index is 0.0238. The summed E-state index contributed by atoms with van der Waals surface area (Å²) < 4.78 is 11.9. The lowest BCUT2D eigenvalue weighted by Gasteiger charge is -2.40. The second-order valence-electron chi connectivity index (χ2n) is 9.34. The Morgan fingerprint density at radius 1 is 1.37 bits per heavy atom. The van der Waals surface area contributed by atoms with Gasteiger partial charge in [0, 0.05) is 43.5 Å². The van der Waals surface area contributed by atoms with Gasteiger partial charge in [0.2, 0.25) is 0 Å². The van der Waals surface area contributed by atoms with Crippen LogP contribution < -0.4 is 10.1 Å². The molecule has 3 aliphatic rings. The lowest BCUT2D eigenvalue weighted by molar-refractivity contribution is 0.0297. The highest BCUT2D eigenvalue weighted by molar-refractivity contribution is 6.07. The van der Waals surface area contributed by atoms with Crippen molar-refractivity contribution in [3.63, 3.8) is 0 Å². The van der Waals surface area contributed by atoms with Gasteiger partial charge in [-0.2, -0.15) is 0 Å². The molecule has 4 N–H and O–H groups in total. The van der Waals surface area contributed by atoms with Crippen molar-refractivity contribution in [1.82, 2.24) is 15.2 Å². The second-order valence-corrected chi connectivity index (χ2v) is 9.34. The second kappa shape index (κ2) is 8.42. The molecule has 6 rings (SSSR count). The van der Waals surface area contributed by atoms with Gasteiger partial charge in [-0.25, -0.2) is 0 Å². The van der Waals surface area contributed by atoms with Crippen molar-refractivity contribution in [3.8, 4) is 5.75 Å². The third-order valence-corrected chi connectivity index (χ3v) is 7.26. The van der Waals surface area contributed by atoms with Crippen LogP contribution in [0.3, 0.4) is 0 Å². The number of furan rings is 1. The summed E-state index contributed by atoms with van der Waals surface area (Å²) in [6.45, 7) is 4.21. The Hall–Kier alpha value is -3.85. The first-order chi connectivity index (χ1) is 16.8. The Morgan fingerprint density at radius 2 is 2.14 bits per heavy atom. The number of fused-ring (bicyclic) bond motifs is 2. The minimum Gasteiger partial charge on any atom is -0.460 e. The molecule has 2 amide bonds. The quantitative estimate of drug-likeness (QED) is 0.307. The molecule has 0 radical (unpaired) electrons. The number of aromatic nitrogens is 1. The highest BCUT2D eigenvalue weighted by atomic mass is 16.5. The topological polar surface area (TPSA) is 132 Å². The van der Waals surface area contributed by atoms with Crippen LogP contribution in [0.5, 0.6) is 5.75 Å². The van der Waals surface area contributed by atoms with E-state index >= 15 is 0 Å². The average molecular weight is 477 g/mol. The number of benzene rings is 1. The van der Waals surface area contributed by atoms with Crippen LogP contribution in [-0.2, 0) is 0 Å². The maximum atomic E-state index is 13.3. The van der Waals surface area contributed by atoms with Crippen LogP contribution >= 0.6 is 0 Å². The average Bonchev–Trinajstić information content (AvgIpc) is 3.56. The van der Waals surface area contributed by atoms with E-state index < -0.39 is 5.54 Å². The Kier molecular flexibility index (Phi) is 5.52.